The maximum Gasteiger partial charge on any atom is 0.257 e. The van der Waals surface area contributed by atoms with Gasteiger partial charge in [-0.1, -0.05) is 5.16 Å². The number of carbonyl (C=O) groups is 1. The zero-order valence-electron chi connectivity index (χ0n) is 13.2. The Bertz CT molecular complexity index is 819. The third-order valence-corrected chi connectivity index (χ3v) is 3.43. The molecule has 0 bridgehead atoms. The van der Waals surface area contributed by atoms with Gasteiger partial charge in [0.2, 0.25) is 0 Å². The third-order valence-electron chi connectivity index (χ3n) is 3.43. The van der Waals surface area contributed by atoms with Gasteiger partial charge in [0.25, 0.3) is 11.8 Å². The minimum Gasteiger partial charge on any atom is -0.337 e. The summed E-state index contributed by atoms with van der Waals surface area (Å²) in [7, 11) is 3.62. The molecule has 0 aliphatic heterocycles. The maximum atomic E-state index is 12.5. The first-order valence-electron chi connectivity index (χ1n) is 7.16. The number of hydrogen-bond acceptors (Lipinski definition) is 5. The molecule has 7 nitrogen and oxygen atoms in total. The number of nitrogens with zero attached hydrogens (tertiary/aromatic N) is 5. The van der Waals surface area contributed by atoms with Crippen molar-refractivity contribution in [2.75, 3.05) is 7.05 Å². The molecule has 0 saturated heterocycles. The Kier molecular flexibility index (Phi) is 3.92. The van der Waals surface area contributed by atoms with Gasteiger partial charge in [0.1, 0.15) is 0 Å². The third kappa shape index (κ3) is 3.28. The van der Waals surface area contributed by atoms with E-state index < -0.39 is 0 Å². The highest BCUT2D eigenvalue weighted by Crippen LogP contribution is 2.18. The summed E-state index contributed by atoms with van der Waals surface area (Å²) in [4.78, 5) is 18.3. The molecule has 0 aliphatic carbocycles. The van der Waals surface area contributed by atoms with Gasteiger partial charge in [-0.05, 0) is 31.2 Å². The Morgan fingerprint density at radius 2 is 2.04 bits per heavy atom. The van der Waals surface area contributed by atoms with E-state index in [1.54, 1.807) is 54.0 Å². The fourth-order valence-corrected chi connectivity index (χ4v) is 2.29. The van der Waals surface area contributed by atoms with Crippen LogP contribution in [0.4, 0.5) is 0 Å². The van der Waals surface area contributed by atoms with Crippen LogP contribution in [-0.2, 0) is 13.6 Å². The molecule has 0 fully saturated rings. The van der Waals surface area contributed by atoms with Crippen molar-refractivity contribution in [2.24, 2.45) is 7.05 Å². The zero-order valence-corrected chi connectivity index (χ0v) is 13.2. The lowest BCUT2D eigenvalue weighted by Gasteiger charge is -2.16. The van der Waals surface area contributed by atoms with Crippen LogP contribution in [0.15, 0.2) is 41.2 Å². The van der Waals surface area contributed by atoms with Crippen LogP contribution in [0.25, 0.3) is 11.5 Å². The summed E-state index contributed by atoms with van der Waals surface area (Å²) in [5.74, 6) is 0.976. The van der Waals surface area contributed by atoms with Gasteiger partial charge >= 0.3 is 0 Å². The summed E-state index contributed by atoms with van der Waals surface area (Å²) in [5, 5.41) is 7.86. The molecule has 118 valence electrons. The second-order valence-electron chi connectivity index (χ2n) is 5.41. The monoisotopic (exact) mass is 311 g/mol. The van der Waals surface area contributed by atoms with Gasteiger partial charge in [0.05, 0.1) is 6.20 Å². The summed E-state index contributed by atoms with van der Waals surface area (Å²) < 4.78 is 6.83. The summed E-state index contributed by atoms with van der Waals surface area (Å²) in [6.07, 6.45) is 3.65. The lowest BCUT2D eigenvalue weighted by Crippen LogP contribution is -2.25. The molecular formula is C16H17N5O2. The molecule has 0 spiro atoms. The molecule has 0 aliphatic rings. The van der Waals surface area contributed by atoms with Crippen LogP contribution in [0, 0.1) is 6.92 Å². The van der Waals surface area contributed by atoms with Crippen LogP contribution in [0.1, 0.15) is 21.7 Å². The van der Waals surface area contributed by atoms with Crippen molar-refractivity contribution in [3.63, 3.8) is 0 Å². The molecule has 7 heteroatoms. The molecule has 0 N–H and O–H groups in total. The van der Waals surface area contributed by atoms with Gasteiger partial charge in [-0.3, -0.25) is 9.48 Å². The number of aromatic nitrogens is 4. The van der Waals surface area contributed by atoms with Crippen molar-refractivity contribution < 1.29 is 9.32 Å². The SMILES string of the molecule is Cc1noc(-c2ccc(C(=O)N(C)Cc3cnn(C)c3)cc2)n1. The van der Waals surface area contributed by atoms with Crippen LogP contribution in [-0.4, -0.2) is 37.8 Å². The minimum absolute atomic E-state index is 0.0536. The molecule has 23 heavy (non-hydrogen) atoms. The molecule has 3 aromatic rings. The van der Waals surface area contributed by atoms with Gasteiger partial charge in [-0.15, -0.1) is 0 Å². The maximum absolute atomic E-state index is 12.5. The minimum atomic E-state index is -0.0536. The molecule has 3 rings (SSSR count). The van der Waals surface area contributed by atoms with E-state index >= 15 is 0 Å². The first-order chi connectivity index (χ1) is 11.0. The fourth-order valence-electron chi connectivity index (χ4n) is 2.29. The Morgan fingerprint density at radius 3 is 2.61 bits per heavy atom. The standard InChI is InChI=1S/C16H17N5O2/c1-11-18-15(23-19-11)13-4-6-14(7-5-13)16(22)20(2)9-12-8-17-21(3)10-12/h4-8,10H,9H2,1-3H3. The van der Waals surface area contributed by atoms with Crippen molar-refractivity contribution in [1.29, 1.82) is 0 Å². The molecule has 1 amide bonds. The van der Waals surface area contributed by atoms with Gasteiger partial charge in [-0.25, -0.2) is 0 Å². The average Bonchev–Trinajstić information content (AvgIpc) is 3.15. The molecule has 0 atom stereocenters. The number of aryl methyl sites for hydroxylation is 2. The number of hydrogen-bond donors (Lipinski definition) is 0. The predicted molar refractivity (Wildman–Crippen MR) is 83.5 cm³/mol. The van der Waals surface area contributed by atoms with Gasteiger partial charge in [0, 0.05) is 43.5 Å². The number of carbonyl (C=O) groups excluding carboxylic acids is 1. The Hall–Kier alpha value is -2.96. The van der Waals surface area contributed by atoms with Crippen molar-refractivity contribution in [1.82, 2.24) is 24.8 Å². The van der Waals surface area contributed by atoms with Crippen LogP contribution in [0.5, 0.6) is 0 Å². The molecule has 0 unspecified atom stereocenters. The second-order valence-corrected chi connectivity index (χ2v) is 5.41. The van der Waals surface area contributed by atoms with Crippen molar-refractivity contribution >= 4 is 5.91 Å². The van der Waals surface area contributed by atoms with E-state index in [2.05, 4.69) is 15.2 Å². The predicted octanol–water partition coefficient (Wildman–Crippen LogP) is 2.05. The van der Waals surface area contributed by atoms with Crippen LogP contribution in [0.3, 0.4) is 0 Å². The second kappa shape index (κ2) is 6.04. The number of amides is 1. The molecule has 0 radical (unpaired) electrons. The zero-order chi connectivity index (χ0) is 16.4. The highest BCUT2D eigenvalue weighted by Gasteiger charge is 2.14. The van der Waals surface area contributed by atoms with E-state index in [1.807, 2.05) is 13.2 Å². The van der Waals surface area contributed by atoms with Gasteiger partial charge < -0.3 is 9.42 Å². The average molecular weight is 311 g/mol. The van der Waals surface area contributed by atoms with Crippen molar-refractivity contribution in [2.45, 2.75) is 13.5 Å². The Morgan fingerprint density at radius 1 is 1.30 bits per heavy atom. The molecule has 0 saturated carbocycles. The first-order valence-corrected chi connectivity index (χ1v) is 7.16. The molecule has 2 heterocycles. The largest absolute Gasteiger partial charge is 0.337 e. The van der Waals surface area contributed by atoms with Crippen molar-refractivity contribution in [3.05, 3.63) is 53.6 Å². The molecule has 1 aromatic carbocycles. The summed E-state index contributed by atoms with van der Waals surface area (Å²) in [5.41, 5.74) is 2.38. The van der Waals surface area contributed by atoms with Crippen LogP contribution < -0.4 is 0 Å². The Labute approximate surface area is 133 Å². The highest BCUT2D eigenvalue weighted by atomic mass is 16.5. The smallest absolute Gasteiger partial charge is 0.257 e. The normalized spacial score (nSPS) is 10.7. The highest BCUT2D eigenvalue weighted by molar-refractivity contribution is 5.94. The number of benzene rings is 1. The van der Waals surface area contributed by atoms with E-state index in [4.69, 9.17) is 4.52 Å². The van der Waals surface area contributed by atoms with Gasteiger partial charge in [0.15, 0.2) is 5.82 Å². The summed E-state index contributed by atoms with van der Waals surface area (Å²) >= 11 is 0. The topological polar surface area (TPSA) is 77.0 Å². The van der Waals surface area contributed by atoms with Crippen LogP contribution in [0.2, 0.25) is 0 Å². The first kappa shape index (κ1) is 15.0. The quantitative estimate of drug-likeness (QED) is 0.737. The van der Waals surface area contributed by atoms with E-state index in [0.717, 1.165) is 11.1 Å². The van der Waals surface area contributed by atoms with Crippen molar-refractivity contribution in [3.8, 4) is 11.5 Å². The Balaban J connectivity index is 1.72. The van der Waals surface area contributed by atoms with E-state index in [0.29, 0.717) is 23.8 Å². The van der Waals surface area contributed by atoms with E-state index in [-0.39, 0.29) is 5.91 Å². The van der Waals surface area contributed by atoms with E-state index in [9.17, 15) is 4.79 Å². The summed E-state index contributed by atoms with van der Waals surface area (Å²) in [6.45, 7) is 2.27. The van der Waals surface area contributed by atoms with E-state index in [1.165, 1.54) is 0 Å². The summed E-state index contributed by atoms with van der Waals surface area (Å²) in [6, 6.07) is 7.13. The molecule has 2 aromatic heterocycles. The molecular weight excluding hydrogens is 294 g/mol. The number of rotatable bonds is 4. The lowest BCUT2D eigenvalue weighted by atomic mass is 10.1. The van der Waals surface area contributed by atoms with Gasteiger partial charge in [-0.2, -0.15) is 10.1 Å². The van der Waals surface area contributed by atoms with Crippen LogP contribution >= 0.6 is 0 Å². The lowest BCUT2D eigenvalue weighted by molar-refractivity contribution is 0.0785. The fraction of sp³-hybridized carbons (Fsp3) is 0.250.